The Morgan fingerprint density at radius 1 is 0.923 bits per heavy atom. The molecule has 0 aliphatic rings. The Kier molecular flexibility index (Phi) is 5.87. The van der Waals surface area contributed by atoms with Crippen LogP contribution in [-0.2, 0) is 4.74 Å². The van der Waals surface area contributed by atoms with E-state index in [1.807, 2.05) is 61.5 Å². The van der Waals surface area contributed by atoms with Gasteiger partial charge >= 0.3 is 0 Å². The fourth-order valence-corrected chi connectivity index (χ4v) is 2.81. The van der Waals surface area contributed by atoms with Gasteiger partial charge in [0.15, 0.2) is 0 Å². The molecule has 26 heavy (non-hydrogen) atoms. The lowest BCUT2D eigenvalue weighted by Gasteiger charge is -2.20. The van der Waals surface area contributed by atoms with E-state index in [9.17, 15) is 4.79 Å². The van der Waals surface area contributed by atoms with Crippen LogP contribution in [0.15, 0.2) is 66.7 Å². The summed E-state index contributed by atoms with van der Waals surface area (Å²) in [5, 5.41) is 2.25. The van der Waals surface area contributed by atoms with E-state index in [2.05, 4.69) is 6.07 Å². The van der Waals surface area contributed by atoms with Crippen molar-refractivity contribution in [2.75, 3.05) is 31.8 Å². The van der Waals surface area contributed by atoms with Crippen LogP contribution in [0, 0.1) is 0 Å². The lowest BCUT2D eigenvalue weighted by molar-refractivity contribution is 0.0972. The normalized spacial score (nSPS) is 10.7. The van der Waals surface area contributed by atoms with E-state index in [1.165, 1.54) is 0 Å². The highest BCUT2D eigenvalue weighted by Gasteiger charge is 2.18. The van der Waals surface area contributed by atoms with E-state index in [0.717, 1.165) is 16.5 Å². The van der Waals surface area contributed by atoms with Crippen molar-refractivity contribution in [2.24, 2.45) is 0 Å². The number of carbonyl (C=O) groups excluding carboxylic acids is 1. The highest BCUT2D eigenvalue weighted by atomic mass is 16.5. The predicted molar refractivity (Wildman–Crippen MR) is 105 cm³/mol. The van der Waals surface area contributed by atoms with Gasteiger partial charge in [-0.3, -0.25) is 4.79 Å². The highest BCUT2D eigenvalue weighted by molar-refractivity contribution is 6.08. The maximum absolute atomic E-state index is 13.0. The molecule has 0 unspecified atom stereocenters. The molecule has 4 heteroatoms. The van der Waals surface area contributed by atoms with Crippen molar-refractivity contribution in [1.82, 2.24) is 0 Å². The zero-order valence-corrected chi connectivity index (χ0v) is 15.1. The first kappa shape index (κ1) is 18.0. The summed E-state index contributed by atoms with van der Waals surface area (Å²) in [4.78, 5) is 14.7. The monoisotopic (exact) mass is 349 g/mol. The molecule has 0 fully saturated rings. The molecule has 0 saturated heterocycles. The number of nitrogens with zero attached hydrogens (tertiary/aromatic N) is 1. The van der Waals surface area contributed by atoms with E-state index in [-0.39, 0.29) is 5.91 Å². The Hall–Kier alpha value is -2.85. The van der Waals surface area contributed by atoms with Crippen LogP contribution in [0.2, 0.25) is 0 Å². The number of rotatable bonds is 7. The minimum absolute atomic E-state index is 0.104. The number of ether oxygens (including phenoxy) is 2. The molecule has 3 aromatic rings. The van der Waals surface area contributed by atoms with Gasteiger partial charge in [-0.15, -0.1) is 0 Å². The van der Waals surface area contributed by atoms with E-state index in [0.29, 0.717) is 31.1 Å². The predicted octanol–water partition coefficient (Wildman–Crippen LogP) is 4.53. The van der Waals surface area contributed by atoms with Crippen molar-refractivity contribution in [3.63, 3.8) is 0 Å². The fourth-order valence-electron chi connectivity index (χ4n) is 2.81. The third-order valence-electron chi connectivity index (χ3n) is 4.23. The number of hydrogen-bond acceptors (Lipinski definition) is 3. The van der Waals surface area contributed by atoms with E-state index < -0.39 is 0 Å². The smallest absolute Gasteiger partial charge is 0.261 e. The SMILES string of the molecule is CCOCCOc1ccccc1C(=O)N(C)c1ccc2ccccc2c1. The van der Waals surface area contributed by atoms with Gasteiger partial charge in [0.1, 0.15) is 12.4 Å². The first-order valence-corrected chi connectivity index (χ1v) is 8.77. The van der Waals surface area contributed by atoms with Crippen LogP contribution in [-0.4, -0.2) is 32.8 Å². The van der Waals surface area contributed by atoms with Gasteiger partial charge in [-0.1, -0.05) is 42.5 Å². The number of fused-ring (bicyclic) bond motifs is 1. The summed E-state index contributed by atoms with van der Waals surface area (Å²) in [5.74, 6) is 0.470. The molecular formula is C22H23NO3. The molecule has 134 valence electrons. The zero-order valence-electron chi connectivity index (χ0n) is 15.1. The molecule has 3 aromatic carbocycles. The first-order valence-electron chi connectivity index (χ1n) is 8.77. The van der Waals surface area contributed by atoms with Crippen LogP contribution < -0.4 is 9.64 Å². The topological polar surface area (TPSA) is 38.8 Å². The molecule has 4 nitrogen and oxygen atoms in total. The van der Waals surface area contributed by atoms with Gasteiger partial charge < -0.3 is 14.4 Å². The largest absolute Gasteiger partial charge is 0.490 e. The van der Waals surface area contributed by atoms with Crippen molar-refractivity contribution in [3.8, 4) is 5.75 Å². The molecular weight excluding hydrogens is 326 g/mol. The van der Waals surface area contributed by atoms with Crippen molar-refractivity contribution in [2.45, 2.75) is 6.92 Å². The van der Waals surface area contributed by atoms with Gasteiger partial charge in [0.05, 0.1) is 12.2 Å². The number of benzene rings is 3. The fraction of sp³-hybridized carbons (Fsp3) is 0.227. The average molecular weight is 349 g/mol. The molecule has 0 N–H and O–H groups in total. The number of carbonyl (C=O) groups is 1. The summed E-state index contributed by atoms with van der Waals surface area (Å²) in [6, 6.07) is 21.4. The minimum atomic E-state index is -0.104. The molecule has 0 bridgehead atoms. The van der Waals surface area contributed by atoms with Gasteiger partial charge in [-0.25, -0.2) is 0 Å². The minimum Gasteiger partial charge on any atom is -0.490 e. The van der Waals surface area contributed by atoms with Gasteiger partial charge in [-0.2, -0.15) is 0 Å². The van der Waals surface area contributed by atoms with Crippen LogP contribution in [0.4, 0.5) is 5.69 Å². The lowest BCUT2D eigenvalue weighted by Crippen LogP contribution is -2.26. The molecule has 0 heterocycles. The van der Waals surface area contributed by atoms with E-state index in [4.69, 9.17) is 9.47 Å². The van der Waals surface area contributed by atoms with Gasteiger partial charge in [0.2, 0.25) is 0 Å². The Bertz CT molecular complexity index is 891. The molecule has 0 aliphatic heterocycles. The van der Waals surface area contributed by atoms with Crippen LogP contribution >= 0.6 is 0 Å². The maximum Gasteiger partial charge on any atom is 0.261 e. The number of hydrogen-bond donors (Lipinski definition) is 0. The standard InChI is InChI=1S/C22H23NO3/c1-3-25-14-15-26-21-11-7-6-10-20(21)22(24)23(2)19-13-12-17-8-4-5-9-18(17)16-19/h4-13,16H,3,14-15H2,1-2H3. The molecule has 1 amide bonds. The average Bonchev–Trinajstić information content (AvgIpc) is 2.70. The Balaban J connectivity index is 1.81. The summed E-state index contributed by atoms with van der Waals surface area (Å²) in [7, 11) is 1.78. The quantitative estimate of drug-likeness (QED) is 0.588. The second-order valence-electron chi connectivity index (χ2n) is 5.94. The van der Waals surface area contributed by atoms with E-state index in [1.54, 1.807) is 18.0 Å². The summed E-state index contributed by atoms with van der Waals surface area (Å²) in [6.07, 6.45) is 0. The maximum atomic E-state index is 13.0. The Labute approximate surface area is 154 Å². The summed E-state index contributed by atoms with van der Waals surface area (Å²) in [5.41, 5.74) is 1.39. The molecule has 0 aromatic heterocycles. The van der Waals surface area contributed by atoms with Crippen molar-refractivity contribution in [3.05, 3.63) is 72.3 Å². The van der Waals surface area contributed by atoms with Crippen molar-refractivity contribution < 1.29 is 14.3 Å². The molecule has 0 atom stereocenters. The van der Waals surface area contributed by atoms with Crippen molar-refractivity contribution in [1.29, 1.82) is 0 Å². The molecule has 3 rings (SSSR count). The number of anilines is 1. The highest BCUT2D eigenvalue weighted by Crippen LogP contribution is 2.25. The second-order valence-corrected chi connectivity index (χ2v) is 5.94. The molecule has 0 radical (unpaired) electrons. The third-order valence-corrected chi connectivity index (χ3v) is 4.23. The summed E-state index contributed by atoms with van der Waals surface area (Å²) < 4.78 is 11.0. The van der Waals surface area contributed by atoms with Crippen LogP contribution in [0.3, 0.4) is 0 Å². The lowest BCUT2D eigenvalue weighted by atomic mass is 10.1. The molecule has 0 spiro atoms. The molecule has 0 aliphatic carbocycles. The van der Waals surface area contributed by atoms with Crippen LogP contribution in [0.25, 0.3) is 10.8 Å². The summed E-state index contributed by atoms with van der Waals surface area (Å²) >= 11 is 0. The second kappa shape index (κ2) is 8.50. The Morgan fingerprint density at radius 3 is 2.46 bits per heavy atom. The number of para-hydroxylation sites is 1. The molecule has 0 saturated carbocycles. The van der Waals surface area contributed by atoms with Crippen LogP contribution in [0.5, 0.6) is 5.75 Å². The van der Waals surface area contributed by atoms with Gasteiger partial charge in [-0.05, 0) is 42.0 Å². The van der Waals surface area contributed by atoms with Crippen LogP contribution in [0.1, 0.15) is 17.3 Å². The number of amides is 1. The summed E-state index contributed by atoms with van der Waals surface area (Å²) in [6.45, 7) is 3.50. The zero-order chi connectivity index (χ0) is 18.4. The van der Waals surface area contributed by atoms with Gasteiger partial charge in [0.25, 0.3) is 5.91 Å². The van der Waals surface area contributed by atoms with Gasteiger partial charge in [0, 0.05) is 19.3 Å². The Morgan fingerprint density at radius 2 is 1.65 bits per heavy atom. The third kappa shape index (κ3) is 4.03. The first-order chi connectivity index (χ1) is 12.7. The van der Waals surface area contributed by atoms with E-state index >= 15 is 0 Å². The van der Waals surface area contributed by atoms with Crippen molar-refractivity contribution >= 4 is 22.4 Å².